The van der Waals surface area contributed by atoms with Gasteiger partial charge in [0.2, 0.25) is 0 Å². The molecule has 0 aliphatic carbocycles. The van der Waals surface area contributed by atoms with Crippen LogP contribution < -0.4 is 5.32 Å². The van der Waals surface area contributed by atoms with Gasteiger partial charge >= 0.3 is 0 Å². The van der Waals surface area contributed by atoms with Gasteiger partial charge in [-0.3, -0.25) is 0 Å². The highest BCUT2D eigenvalue weighted by Gasteiger charge is 2.23. The molecule has 0 radical (unpaired) electrons. The van der Waals surface area contributed by atoms with E-state index in [9.17, 15) is 0 Å². The molecule has 2 heteroatoms. The van der Waals surface area contributed by atoms with E-state index in [0.717, 1.165) is 13.1 Å². The second kappa shape index (κ2) is 4.62. The molecule has 1 aliphatic heterocycles. The summed E-state index contributed by atoms with van der Waals surface area (Å²) in [5, 5.41) is 3.69. The third kappa shape index (κ3) is 1.87. The van der Waals surface area contributed by atoms with Crippen LogP contribution in [0, 0.1) is 13.8 Å². The predicted molar refractivity (Wildman–Crippen MR) is 74.8 cm³/mol. The summed E-state index contributed by atoms with van der Waals surface area (Å²) in [7, 11) is 0. The van der Waals surface area contributed by atoms with Gasteiger partial charge in [0.15, 0.2) is 0 Å². The van der Waals surface area contributed by atoms with E-state index < -0.39 is 0 Å². The number of aryl methyl sites for hydroxylation is 2. The summed E-state index contributed by atoms with van der Waals surface area (Å²) in [6, 6.07) is 13.4. The quantitative estimate of drug-likeness (QED) is 0.810. The van der Waals surface area contributed by atoms with Crippen molar-refractivity contribution in [3.05, 3.63) is 58.9 Å². The van der Waals surface area contributed by atoms with Crippen LogP contribution in [-0.4, -0.2) is 11.1 Å². The van der Waals surface area contributed by atoms with E-state index in [1.54, 1.807) is 0 Å². The summed E-state index contributed by atoms with van der Waals surface area (Å²) in [4.78, 5) is 0. The number of fused-ring (bicyclic) bond motifs is 1. The van der Waals surface area contributed by atoms with Crippen LogP contribution in [0.4, 0.5) is 0 Å². The van der Waals surface area contributed by atoms with E-state index >= 15 is 0 Å². The number of nitrogens with zero attached hydrogens (tertiary/aromatic N) is 1. The molecule has 1 N–H and O–H groups in total. The Bertz CT molecular complexity index is 540. The molecule has 0 saturated heterocycles. The molecule has 2 aromatic rings. The number of rotatable bonds is 1. The third-order valence-corrected chi connectivity index (χ3v) is 3.86. The Labute approximate surface area is 109 Å². The van der Waals surface area contributed by atoms with E-state index in [-0.39, 0.29) is 0 Å². The molecular formula is C16H20N2. The zero-order valence-electron chi connectivity index (χ0n) is 11.1. The van der Waals surface area contributed by atoms with Crippen LogP contribution in [0.1, 0.15) is 35.0 Å². The van der Waals surface area contributed by atoms with Crippen molar-refractivity contribution < 1.29 is 0 Å². The molecule has 1 aliphatic rings. The maximum Gasteiger partial charge on any atom is 0.0733 e. The summed E-state index contributed by atoms with van der Waals surface area (Å²) in [5.41, 5.74) is 5.58. The first kappa shape index (κ1) is 11.5. The Morgan fingerprint density at radius 1 is 1.17 bits per heavy atom. The van der Waals surface area contributed by atoms with Gasteiger partial charge < -0.3 is 9.88 Å². The molecule has 18 heavy (non-hydrogen) atoms. The second-order valence-electron chi connectivity index (χ2n) is 5.16. The van der Waals surface area contributed by atoms with E-state index in [1.807, 2.05) is 0 Å². The standard InChI is InChI=1S/C16H20N2/c1-12-11-13(2)18-10-6-9-17-15(16(12)18)14-7-4-3-5-8-14/h3-5,7-8,11,15,17H,6,9-10H2,1-2H3. The fraction of sp³-hybridized carbons (Fsp3) is 0.375. The molecular weight excluding hydrogens is 220 g/mol. The van der Waals surface area contributed by atoms with E-state index in [0.29, 0.717) is 6.04 Å². The molecule has 1 atom stereocenters. The van der Waals surface area contributed by atoms with E-state index in [2.05, 4.69) is 60.1 Å². The zero-order chi connectivity index (χ0) is 12.5. The lowest BCUT2D eigenvalue weighted by Crippen LogP contribution is -2.23. The van der Waals surface area contributed by atoms with Gasteiger partial charge in [0.25, 0.3) is 0 Å². The molecule has 94 valence electrons. The summed E-state index contributed by atoms with van der Waals surface area (Å²) in [6.07, 6.45) is 1.20. The highest BCUT2D eigenvalue weighted by Crippen LogP contribution is 2.29. The Morgan fingerprint density at radius 3 is 2.72 bits per heavy atom. The number of nitrogens with one attached hydrogen (secondary N) is 1. The lowest BCUT2D eigenvalue weighted by Gasteiger charge is -2.19. The van der Waals surface area contributed by atoms with Crippen LogP contribution in [-0.2, 0) is 6.54 Å². The Balaban J connectivity index is 2.12. The average Bonchev–Trinajstić information content (AvgIpc) is 2.58. The minimum atomic E-state index is 0.336. The average molecular weight is 240 g/mol. The van der Waals surface area contributed by atoms with E-state index in [4.69, 9.17) is 0 Å². The van der Waals surface area contributed by atoms with Gasteiger partial charge in [-0.05, 0) is 44.0 Å². The van der Waals surface area contributed by atoms with Crippen molar-refractivity contribution in [2.75, 3.05) is 6.54 Å². The number of hydrogen-bond acceptors (Lipinski definition) is 1. The normalized spacial score (nSPS) is 19.3. The first-order valence-corrected chi connectivity index (χ1v) is 6.72. The smallest absolute Gasteiger partial charge is 0.0733 e. The van der Waals surface area contributed by atoms with Crippen molar-refractivity contribution in [2.45, 2.75) is 32.9 Å². The van der Waals surface area contributed by atoms with Crippen molar-refractivity contribution in [3.8, 4) is 0 Å². The highest BCUT2D eigenvalue weighted by molar-refractivity contribution is 5.36. The fourth-order valence-electron chi connectivity index (χ4n) is 3.05. The lowest BCUT2D eigenvalue weighted by molar-refractivity contribution is 0.607. The van der Waals surface area contributed by atoms with Crippen LogP contribution in [0.3, 0.4) is 0 Å². The first-order valence-electron chi connectivity index (χ1n) is 6.72. The van der Waals surface area contributed by atoms with Crippen LogP contribution in [0.15, 0.2) is 36.4 Å². The number of benzene rings is 1. The van der Waals surface area contributed by atoms with Crippen molar-refractivity contribution in [1.29, 1.82) is 0 Å². The topological polar surface area (TPSA) is 17.0 Å². The SMILES string of the molecule is Cc1cc(C)n2c1C(c1ccccc1)NCCC2. The Morgan fingerprint density at radius 2 is 1.94 bits per heavy atom. The van der Waals surface area contributed by atoms with E-state index in [1.165, 1.54) is 28.9 Å². The summed E-state index contributed by atoms with van der Waals surface area (Å²) < 4.78 is 2.48. The number of aromatic nitrogens is 1. The molecule has 2 nitrogen and oxygen atoms in total. The van der Waals surface area contributed by atoms with Crippen molar-refractivity contribution in [1.82, 2.24) is 9.88 Å². The summed E-state index contributed by atoms with van der Waals surface area (Å²) in [5.74, 6) is 0. The maximum absolute atomic E-state index is 3.69. The summed E-state index contributed by atoms with van der Waals surface area (Å²) >= 11 is 0. The van der Waals surface area contributed by atoms with Gasteiger partial charge in [0.1, 0.15) is 0 Å². The van der Waals surface area contributed by atoms with Gasteiger partial charge in [-0.1, -0.05) is 30.3 Å². The highest BCUT2D eigenvalue weighted by atomic mass is 15.1. The third-order valence-electron chi connectivity index (χ3n) is 3.86. The lowest BCUT2D eigenvalue weighted by atomic mass is 10.0. The molecule has 3 rings (SSSR count). The zero-order valence-corrected chi connectivity index (χ0v) is 11.1. The van der Waals surface area contributed by atoms with Crippen LogP contribution >= 0.6 is 0 Å². The molecule has 1 aromatic carbocycles. The molecule has 1 unspecified atom stereocenters. The monoisotopic (exact) mass is 240 g/mol. The second-order valence-corrected chi connectivity index (χ2v) is 5.16. The minimum absolute atomic E-state index is 0.336. The maximum atomic E-state index is 3.69. The van der Waals surface area contributed by atoms with Gasteiger partial charge in [-0.2, -0.15) is 0 Å². The van der Waals surface area contributed by atoms with Crippen LogP contribution in [0.5, 0.6) is 0 Å². The minimum Gasteiger partial charge on any atom is -0.347 e. The summed E-state index contributed by atoms with van der Waals surface area (Å²) in [6.45, 7) is 6.65. The van der Waals surface area contributed by atoms with Crippen molar-refractivity contribution in [2.24, 2.45) is 0 Å². The fourth-order valence-corrected chi connectivity index (χ4v) is 3.05. The first-order chi connectivity index (χ1) is 8.77. The molecule has 0 fully saturated rings. The predicted octanol–water partition coefficient (Wildman–Crippen LogP) is 3.19. The Kier molecular flexibility index (Phi) is 2.96. The van der Waals surface area contributed by atoms with Crippen LogP contribution in [0.2, 0.25) is 0 Å². The molecule has 1 aromatic heterocycles. The molecule has 0 saturated carbocycles. The molecule has 2 heterocycles. The van der Waals surface area contributed by atoms with Crippen LogP contribution in [0.25, 0.3) is 0 Å². The van der Waals surface area contributed by atoms with Crippen molar-refractivity contribution in [3.63, 3.8) is 0 Å². The van der Waals surface area contributed by atoms with Gasteiger partial charge in [-0.15, -0.1) is 0 Å². The molecule has 0 spiro atoms. The van der Waals surface area contributed by atoms with Gasteiger partial charge in [0, 0.05) is 17.9 Å². The van der Waals surface area contributed by atoms with Gasteiger partial charge in [-0.25, -0.2) is 0 Å². The molecule has 0 amide bonds. The Hall–Kier alpha value is -1.54. The largest absolute Gasteiger partial charge is 0.347 e. The van der Waals surface area contributed by atoms with Gasteiger partial charge in [0.05, 0.1) is 6.04 Å². The number of hydrogen-bond donors (Lipinski definition) is 1. The molecule has 0 bridgehead atoms. The van der Waals surface area contributed by atoms with Crippen molar-refractivity contribution >= 4 is 0 Å².